The Balaban J connectivity index is 2.18. The molecular formula is C20H23F3N4O2S. The molecule has 0 aliphatic heterocycles. The van der Waals surface area contributed by atoms with Crippen LogP contribution in [-0.4, -0.2) is 47.3 Å². The van der Waals surface area contributed by atoms with Crippen LogP contribution >= 0.6 is 11.8 Å². The van der Waals surface area contributed by atoms with Gasteiger partial charge in [-0.3, -0.25) is 9.59 Å². The lowest BCUT2D eigenvalue weighted by molar-refractivity contribution is -0.137. The molecule has 1 aromatic heterocycles. The average molecular weight is 440 g/mol. The van der Waals surface area contributed by atoms with Crippen LogP contribution in [0.4, 0.5) is 24.7 Å². The van der Waals surface area contributed by atoms with Crippen molar-refractivity contribution in [3.05, 3.63) is 48.2 Å². The highest BCUT2D eigenvalue weighted by Crippen LogP contribution is 2.37. The summed E-state index contributed by atoms with van der Waals surface area (Å²) >= 11 is -0.220. The molecule has 2 amide bonds. The third-order valence-electron chi connectivity index (χ3n) is 4.56. The molecule has 0 unspecified atom stereocenters. The van der Waals surface area contributed by atoms with E-state index in [9.17, 15) is 22.8 Å². The third-order valence-corrected chi connectivity index (χ3v) is 5.30. The molecule has 10 heteroatoms. The molecule has 0 saturated heterocycles. The second kappa shape index (κ2) is 9.38. The molecule has 2 aromatic rings. The summed E-state index contributed by atoms with van der Waals surface area (Å²) in [5.41, 5.74) is -4.36. The highest BCUT2D eigenvalue weighted by atomic mass is 32.2. The molecule has 0 radical (unpaired) electrons. The number of nitrogens with one attached hydrogen (secondary N) is 1. The second-order valence-corrected chi connectivity index (χ2v) is 8.14. The number of nitrogens with zero attached hydrogens (tertiary/aromatic N) is 3. The number of pyridine rings is 1. The molecule has 0 atom stereocenters. The van der Waals surface area contributed by atoms with E-state index in [1.54, 1.807) is 39.2 Å². The minimum Gasteiger partial charge on any atom is -0.373 e. The lowest BCUT2D eigenvalue weighted by atomic mass is 10.00. The molecule has 0 aliphatic carbocycles. The minimum absolute atomic E-state index is 0.0268. The van der Waals surface area contributed by atoms with Crippen molar-refractivity contribution >= 4 is 35.6 Å². The molecule has 6 nitrogen and oxygen atoms in total. The van der Waals surface area contributed by atoms with Crippen LogP contribution in [0, 0.1) is 0 Å². The number of hydrogen-bond acceptors (Lipinski definition) is 5. The Labute approximate surface area is 177 Å². The number of rotatable bonds is 8. The van der Waals surface area contributed by atoms with Crippen molar-refractivity contribution in [3.63, 3.8) is 0 Å². The maximum absolute atomic E-state index is 13.1. The number of benzene rings is 1. The zero-order valence-electron chi connectivity index (χ0n) is 17.0. The van der Waals surface area contributed by atoms with Crippen molar-refractivity contribution in [1.82, 2.24) is 9.88 Å². The van der Waals surface area contributed by atoms with E-state index in [-0.39, 0.29) is 29.1 Å². The van der Waals surface area contributed by atoms with Crippen LogP contribution in [0.15, 0.2) is 47.5 Å². The average Bonchev–Trinajstić information content (AvgIpc) is 2.70. The molecule has 30 heavy (non-hydrogen) atoms. The van der Waals surface area contributed by atoms with Crippen LogP contribution in [-0.2, 0) is 16.1 Å². The summed E-state index contributed by atoms with van der Waals surface area (Å²) in [5, 5.41) is 2.91. The number of thioether (sulfide) groups is 1. The van der Waals surface area contributed by atoms with Gasteiger partial charge < -0.3 is 15.1 Å². The topological polar surface area (TPSA) is 65.5 Å². The van der Waals surface area contributed by atoms with Crippen LogP contribution in [0.5, 0.6) is 0 Å². The molecule has 1 aromatic carbocycles. The number of amides is 2. The zero-order valence-corrected chi connectivity index (χ0v) is 17.8. The normalized spacial score (nSPS) is 11.7. The van der Waals surface area contributed by atoms with Gasteiger partial charge in [0.25, 0.3) is 5.91 Å². The summed E-state index contributed by atoms with van der Waals surface area (Å²) in [6.07, 6.45) is 2.21. The Kier molecular flexibility index (Phi) is 7.35. The first-order valence-electron chi connectivity index (χ1n) is 8.96. The highest BCUT2D eigenvalue weighted by molar-refractivity contribution is 8.00. The van der Waals surface area contributed by atoms with Crippen molar-refractivity contribution in [2.24, 2.45) is 0 Å². The summed E-state index contributed by atoms with van der Waals surface area (Å²) in [7, 11) is 3.25. The van der Waals surface area contributed by atoms with E-state index in [4.69, 9.17) is 0 Å². The third kappa shape index (κ3) is 5.88. The number of halogens is 3. The Morgan fingerprint density at radius 1 is 1.20 bits per heavy atom. The fourth-order valence-corrected chi connectivity index (χ4v) is 3.33. The van der Waals surface area contributed by atoms with E-state index >= 15 is 0 Å². The van der Waals surface area contributed by atoms with E-state index in [2.05, 4.69) is 10.3 Å². The van der Waals surface area contributed by atoms with Crippen molar-refractivity contribution in [1.29, 1.82) is 0 Å². The lowest BCUT2D eigenvalue weighted by Crippen LogP contribution is -2.54. The summed E-state index contributed by atoms with van der Waals surface area (Å²) in [6.45, 7) is 3.43. The van der Waals surface area contributed by atoms with Gasteiger partial charge in [-0.1, -0.05) is 0 Å². The van der Waals surface area contributed by atoms with E-state index in [1.165, 1.54) is 41.1 Å². The van der Waals surface area contributed by atoms with Gasteiger partial charge in [0.15, 0.2) is 0 Å². The first-order chi connectivity index (χ1) is 14.0. The van der Waals surface area contributed by atoms with Gasteiger partial charge in [-0.05, 0) is 67.6 Å². The SMILES string of the molecule is CNc1cc(CN(C=O)C(C)(C)C(=O)N(C)c2ccc(SC(F)(F)F)cc2)ccn1. The number of aromatic nitrogens is 1. The lowest BCUT2D eigenvalue weighted by Gasteiger charge is -2.37. The Bertz CT molecular complexity index is 888. The first kappa shape index (κ1) is 23.5. The molecule has 0 bridgehead atoms. The van der Waals surface area contributed by atoms with E-state index < -0.39 is 11.0 Å². The fraction of sp³-hybridized carbons (Fsp3) is 0.350. The van der Waals surface area contributed by atoms with Gasteiger partial charge in [0.05, 0.1) is 0 Å². The number of alkyl halides is 3. The fourth-order valence-electron chi connectivity index (χ4n) is 2.79. The predicted octanol–water partition coefficient (Wildman–Crippen LogP) is 4.14. The summed E-state index contributed by atoms with van der Waals surface area (Å²) in [5.74, 6) is 0.255. The van der Waals surface area contributed by atoms with Gasteiger partial charge in [0.1, 0.15) is 11.4 Å². The predicted molar refractivity (Wildman–Crippen MR) is 111 cm³/mol. The van der Waals surface area contributed by atoms with E-state index in [0.717, 1.165) is 5.56 Å². The maximum Gasteiger partial charge on any atom is 0.446 e. The monoisotopic (exact) mass is 440 g/mol. The van der Waals surface area contributed by atoms with Gasteiger partial charge in [-0.15, -0.1) is 0 Å². The summed E-state index contributed by atoms with van der Waals surface area (Å²) in [4.78, 5) is 31.7. The number of likely N-dealkylation sites (N-methyl/N-ethyl adjacent to an activating group) is 1. The molecule has 0 spiro atoms. The summed E-state index contributed by atoms with van der Waals surface area (Å²) in [6, 6.07) is 9.01. The van der Waals surface area contributed by atoms with Crippen LogP contribution in [0.25, 0.3) is 0 Å². The molecule has 0 aliphatic rings. The summed E-state index contributed by atoms with van der Waals surface area (Å²) < 4.78 is 37.5. The molecule has 162 valence electrons. The highest BCUT2D eigenvalue weighted by Gasteiger charge is 2.37. The standard InChI is InChI=1S/C20H23F3N4O2S/c1-19(2,27(13-28)12-14-9-10-25-17(11-14)24-3)18(29)26(4)15-5-7-16(8-6-15)30-20(21,22)23/h5-11,13H,12H2,1-4H3,(H,24,25). The molecule has 0 fully saturated rings. The van der Waals surface area contributed by atoms with Crippen LogP contribution in [0.1, 0.15) is 19.4 Å². The van der Waals surface area contributed by atoms with Gasteiger partial charge in [0.2, 0.25) is 6.41 Å². The minimum atomic E-state index is -4.38. The molecule has 1 heterocycles. The van der Waals surface area contributed by atoms with Gasteiger partial charge >= 0.3 is 5.51 Å². The van der Waals surface area contributed by atoms with E-state index in [0.29, 0.717) is 17.9 Å². The zero-order chi connectivity index (χ0) is 22.5. The Morgan fingerprint density at radius 2 is 1.83 bits per heavy atom. The van der Waals surface area contributed by atoms with Crippen LogP contribution in [0.3, 0.4) is 0 Å². The number of carbonyl (C=O) groups excluding carboxylic acids is 2. The Morgan fingerprint density at radius 3 is 2.37 bits per heavy atom. The van der Waals surface area contributed by atoms with Gasteiger partial charge in [-0.25, -0.2) is 4.98 Å². The quantitative estimate of drug-likeness (QED) is 0.494. The first-order valence-corrected chi connectivity index (χ1v) is 9.78. The molecule has 1 N–H and O–H groups in total. The number of hydrogen-bond donors (Lipinski definition) is 1. The largest absolute Gasteiger partial charge is 0.446 e. The molecular weight excluding hydrogens is 417 g/mol. The molecule has 0 saturated carbocycles. The van der Waals surface area contributed by atoms with E-state index in [1.807, 2.05) is 0 Å². The second-order valence-electron chi connectivity index (χ2n) is 7.00. The Hall–Kier alpha value is -2.75. The number of anilines is 2. The van der Waals surface area contributed by atoms with Crippen molar-refractivity contribution in [3.8, 4) is 0 Å². The maximum atomic E-state index is 13.1. The van der Waals surface area contributed by atoms with Crippen LogP contribution in [0.2, 0.25) is 0 Å². The molecule has 2 rings (SSSR count). The van der Waals surface area contributed by atoms with Crippen molar-refractivity contribution in [2.45, 2.75) is 36.3 Å². The smallest absolute Gasteiger partial charge is 0.373 e. The van der Waals surface area contributed by atoms with Crippen molar-refractivity contribution < 1.29 is 22.8 Å². The number of carbonyl (C=O) groups is 2. The van der Waals surface area contributed by atoms with Gasteiger partial charge in [0, 0.05) is 37.4 Å². The van der Waals surface area contributed by atoms with Crippen LogP contribution < -0.4 is 10.2 Å². The van der Waals surface area contributed by atoms with Crippen molar-refractivity contribution in [2.75, 3.05) is 24.3 Å². The van der Waals surface area contributed by atoms with Gasteiger partial charge in [-0.2, -0.15) is 13.2 Å².